The zero-order chi connectivity index (χ0) is 19.7. The van der Waals surface area contributed by atoms with E-state index in [9.17, 15) is 14.4 Å². The molecule has 7 heteroatoms. The monoisotopic (exact) mass is 391 g/mol. The minimum absolute atomic E-state index is 0.0961. The molecular weight excluding hydrogens is 358 g/mol. The zero-order valence-electron chi connectivity index (χ0n) is 16.7. The summed E-state index contributed by atoms with van der Waals surface area (Å²) in [6, 6.07) is 0. The Bertz CT molecular complexity index is 592. The maximum Gasteiger partial charge on any atom is 0.315 e. The maximum atomic E-state index is 12.5. The fourth-order valence-electron chi connectivity index (χ4n) is 6.29. The van der Waals surface area contributed by atoms with Crippen molar-refractivity contribution < 1.29 is 19.1 Å². The summed E-state index contributed by atoms with van der Waals surface area (Å²) in [6.07, 6.45) is 7.82. The molecule has 0 spiro atoms. The lowest BCUT2D eigenvalue weighted by Crippen LogP contribution is -2.53. The average Bonchev–Trinajstić information content (AvgIpc) is 2.64. The highest BCUT2D eigenvalue weighted by molar-refractivity contribution is 5.94. The SMILES string of the molecule is NCCCC(=O)N1CCN(C(=O)CC(=O)OC23CC4CC(CC(C4)C2)C3)CC1. The van der Waals surface area contributed by atoms with Gasteiger partial charge in [0.25, 0.3) is 0 Å². The number of rotatable bonds is 6. The Morgan fingerprint density at radius 1 is 0.857 bits per heavy atom. The van der Waals surface area contributed by atoms with Crippen molar-refractivity contribution in [2.24, 2.45) is 23.5 Å². The van der Waals surface area contributed by atoms with E-state index in [2.05, 4.69) is 0 Å². The van der Waals surface area contributed by atoms with Crippen LogP contribution in [0.2, 0.25) is 0 Å². The van der Waals surface area contributed by atoms with Crippen LogP contribution in [0.1, 0.15) is 57.8 Å². The zero-order valence-corrected chi connectivity index (χ0v) is 16.7. The number of nitrogens with zero attached hydrogens (tertiary/aromatic N) is 2. The van der Waals surface area contributed by atoms with Crippen LogP contribution in [0.3, 0.4) is 0 Å². The number of ether oxygens (including phenoxy) is 1. The molecule has 0 aromatic heterocycles. The van der Waals surface area contributed by atoms with Crippen molar-refractivity contribution in [1.82, 2.24) is 9.80 Å². The molecule has 4 saturated carbocycles. The van der Waals surface area contributed by atoms with Crippen molar-refractivity contribution in [3.05, 3.63) is 0 Å². The lowest BCUT2D eigenvalue weighted by atomic mass is 9.54. The van der Waals surface area contributed by atoms with Crippen molar-refractivity contribution in [3.8, 4) is 0 Å². The molecule has 0 atom stereocenters. The Morgan fingerprint density at radius 2 is 1.36 bits per heavy atom. The van der Waals surface area contributed by atoms with Crippen molar-refractivity contribution in [1.29, 1.82) is 0 Å². The van der Waals surface area contributed by atoms with E-state index in [0.717, 1.165) is 19.3 Å². The molecule has 4 aliphatic carbocycles. The van der Waals surface area contributed by atoms with E-state index in [4.69, 9.17) is 10.5 Å². The average molecular weight is 392 g/mol. The third-order valence-corrected chi connectivity index (χ3v) is 7.19. The first-order chi connectivity index (χ1) is 13.5. The number of piperazine rings is 1. The predicted octanol–water partition coefficient (Wildman–Crippen LogP) is 1.30. The minimum atomic E-state index is -0.367. The number of hydrogen-bond donors (Lipinski definition) is 1. The van der Waals surface area contributed by atoms with Crippen LogP contribution < -0.4 is 5.73 Å². The summed E-state index contributed by atoms with van der Waals surface area (Å²) in [5.41, 5.74) is 5.16. The van der Waals surface area contributed by atoms with Crippen LogP contribution in [0.25, 0.3) is 0 Å². The van der Waals surface area contributed by atoms with Crippen LogP contribution in [0.4, 0.5) is 0 Å². The molecule has 0 aromatic carbocycles. The van der Waals surface area contributed by atoms with Gasteiger partial charge in [-0.25, -0.2) is 0 Å². The summed E-state index contributed by atoms with van der Waals surface area (Å²) in [4.78, 5) is 40.6. The molecule has 7 nitrogen and oxygen atoms in total. The number of carbonyl (C=O) groups excluding carboxylic acids is 3. The number of hydrogen-bond acceptors (Lipinski definition) is 5. The van der Waals surface area contributed by atoms with E-state index in [-0.39, 0.29) is 29.8 Å². The molecule has 0 unspecified atom stereocenters. The lowest BCUT2D eigenvalue weighted by Gasteiger charge is -2.55. The van der Waals surface area contributed by atoms with E-state index in [0.29, 0.717) is 63.3 Å². The van der Waals surface area contributed by atoms with Crippen LogP contribution in [0.15, 0.2) is 0 Å². The lowest BCUT2D eigenvalue weighted by molar-refractivity contribution is -0.187. The second-order valence-electron chi connectivity index (χ2n) is 9.41. The largest absolute Gasteiger partial charge is 0.459 e. The smallest absolute Gasteiger partial charge is 0.315 e. The Kier molecular flexibility index (Phi) is 5.63. The molecule has 1 aliphatic heterocycles. The van der Waals surface area contributed by atoms with Gasteiger partial charge >= 0.3 is 5.97 Å². The van der Waals surface area contributed by atoms with Gasteiger partial charge in [0.15, 0.2) is 0 Å². The number of carbonyl (C=O) groups is 3. The van der Waals surface area contributed by atoms with Gasteiger partial charge in [0.05, 0.1) is 0 Å². The molecular formula is C21H33N3O4. The van der Waals surface area contributed by atoms with Crippen LogP contribution in [-0.2, 0) is 19.1 Å². The van der Waals surface area contributed by atoms with Crippen molar-refractivity contribution in [2.75, 3.05) is 32.7 Å². The normalized spacial score (nSPS) is 33.8. The van der Waals surface area contributed by atoms with Gasteiger partial charge < -0.3 is 20.3 Å². The van der Waals surface area contributed by atoms with E-state index in [1.54, 1.807) is 9.80 Å². The molecule has 2 amide bonds. The Balaban J connectivity index is 1.23. The Morgan fingerprint density at radius 3 is 1.86 bits per heavy atom. The number of amides is 2. The summed E-state index contributed by atoms with van der Waals surface area (Å²) >= 11 is 0. The van der Waals surface area contributed by atoms with Gasteiger partial charge in [0.2, 0.25) is 11.8 Å². The second kappa shape index (κ2) is 8.01. The highest BCUT2D eigenvalue weighted by atomic mass is 16.6. The fraction of sp³-hybridized carbons (Fsp3) is 0.857. The van der Waals surface area contributed by atoms with Gasteiger partial charge in [0.1, 0.15) is 12.0 Å². The Labute approximate surface area is 166 Å². The fourth-order valence-corrected chi connectivity index (χ4v) is 6.29. The molecule has 0 aromatic rings. The highest BCUT2D eigenvalue weighted by Gasteiger charge is 2.53. The van der Waals surface area contributed by atoms with Gasteiger partial charge in [-0.3, -0.25) is 14.4 Å². The third kappa shape index (κ3) is 4.19. The molecule has 156 valence electrons. The van der Waals surface area contributed by atoms with Gasteiger partial charge in [-0.2, -0.15) is 0 Å². The summed E-state index contributed by atoms with van der Waals surface area (Å²) in [5.74, 6) is 1.68. The maximum absolute atomic E-state index is 12.5. The molecule has 2 N–H and O–H groups in total. The summed E-state index contributed by atoms with van der Waals surface area (Å²) in [7, 11) is 0. The van der Waals surface area contributed by atoms with Crippen LogP contribution >= 0.6 is 0 Å². The van der Waals surface area contributed by atoms with Gasteiger partial charge in [-0.05, 0) is 69.2 Å². The van der Waals surface area contributed by atoms with Crippen molar-refractivity contribution in [3.63, 3.8) is 0 Å². The topological polar surface area (TPSA) is 92.9 Å². The van der Waals surface area contributed by atoms with E-state index < -0.39 is 0 Å². The summed E-state index contributed by atoms with van der Waals surface area (Å²) in [6.45, 7) is 2.53. The summed E-state index contributed by atoms with van der Waals surface area (Å²) < 4.78 is 5.95. The minimum Gasteiger partial charge on any atom is -0.459 e. The number of nitrogens with two attached hydrogens (primary N) is 1. The molecule has 4 bridgehead atoms. The number of esters is 1. The quantitative estimate of drug-likeness (QED) is 0.544. The highest BCUT2D eigenvalue weighted by Crippen LogP contribution is 2.57. The van der Waals surface area contributed by atoms with E-state index >= 15 is 0 Å². The molecule has 5 rings (SSSR count). The predicted molar refractivity (Wildman–Crippen MR) is 103 cm³/mol. The van der Waals surface area contributed by atoms with Gasteiger partial charge in [-0.1, -0.05) is 0 Å². The van der Waals surface area contributed by atoms with E-state index in [1.807, 2.05) is 0 Å². The first-order valence-electron chi connectivity index (χ1n) is 10.9. The van der Waals surface area contributed by atoms with Gasteiger partial charge in [0, 0.05) is 32.6 Å². The first-order valence-corrected chi connectivity index (χ1v) is 10.9. The van der Waals surface area contributed by atoms with Crippen molar-refractivity contribution in [2.45, 2.75) is 63.4 Å². The molecule has 1 saturated heterocycles. The van der Waals surface area contributed by atoms with Crippen LogP contribution in [0.5, 0.6) is 0 Å². The van der Waals surface area contributed by atoms with Crippen LogP contribution in [0, 0.1) is 17.8 Å². The van der Waals surface area contributed by atoms with Crippen molar-refractivity contribution >= 4 is 17.8 Å². The summed E-state index contributed by atoms with van der Waals surface area (Å²) in [5, 5.41) is 0. The van der Waals surface area contributed by atoms with Crippen LogP contribution in [-0.4, -0.2) is 65.9 Å². The standard InChI is InChI=1S/C21H33N3O4/c22-3-1-2-18(25)23-4-6-24(7-5-23)19(26)11-20(27)28-21-12-15-8-16(13-21)10-17(9-15)14-21/h15-17H,1-14,22H2. The van der Waals surface area contributed by atoms with E-state index in [1.165, 1.54) is 19.3 Å². The Hall–Kier alpha value is -1.63. The third-order valence-electron chi connectivity index (χ3n) is 7.19. The molecule has 28 heavy (non-hydrogen) atoms. The second-order valence-corrected chi connectivity index (χ2v) is 9.41. The molecule has 5 fully saturated rings. The molecule has 5 aliphatic rings. The molecule has 0 radical (unpaired) electrons. The first kappa shape index (κ1) is 19.7. The van der Waals surface area contributed by atoms with Gasteiger partial charge in [-0.15, -0.1) is 0 Å². The molecule has 1 heterocycles.